The second-order valence-corrected chi connectivity index (χ2v) is 7.09. The van der Waals surface area contributed by atoms with Gasteiger partial charge in [-0.3, -0.25) is 4.79 Å². The fourth-order valence-corrected chi connectivity index (χ4v) is 3.62. The maximum absolute atomic E-state index is 12.7. The Kier molecular flexibility index (Phi) is 3.76. The van der Waals surface area contributed by atoms with Crippen LogP contribution in [-0.4, -0.2) is 20.5 Å². The Hall–Kier alpha value is -1.96. The largest absolute Gasteiger partial charge is 0.313 e. The molecule has 0 bridgehead atoms. The van der Waals surface area contributed by atoms with Crippen molar-refractivity contribution in [1.29, 1.82) is 5.26 Å². The monoisotopic (exact) mass is 310 g/mol. The van der Waals surface area contributed by atoms with E-state index in [-0.39, 0.29) is 5.78 Å². The summed E-state index contributed by atoms with van der Waals surface area (Å²) in [7, 11) is 0. The quantitative estimate of drug-likeness (QED) is 0.784. The highest BCUT2D eigenvalue weighted by molar-refractivity contribution is 5.97. The van der Waals surface area contributed by atoms with Gasteiger partial charge < -0.3 is 4.57 Å². The number of nitriles is 1. The summed E-state index contributed by atoms with van der Waals surface area (Å²) in [6.45, 7) is 0.824. The van der Waals surface area contributed by atoms with Crippen LogP contribution in [0.2, 0.25) is 0 Å². The minimum atomic E-state index is -0.804. The smallest absolute Gasteiger partial charge is 0.180 e. The van der Waals surface area contributed by atoms with Crippen LogP contribution in [0.3, 0.4) is 0 Å². The number of carbonyl (C=O) groups excluding carboxylic acids is 1. The maximum Gasteiger partial charge on any atom is 0.180 e. The van der Waals surface area contributed by atoms with Crippen LogP contribution < -0.4 is 0 Å². The molecular formula is C18H22N4O. The van der Waals surface area contributed by atoms with Gasteiger partial charge in [0.05, 0.1) is 6.07 Å². The highest BCUT2D eigenvalue weighted by Crippen LogP contribution is 2.48. The SMILES string of the molecule is N#CC(C(=O)C=C(C1CC1)C1CC1)c1nnc2n1CCCCC2. The molecule has 0 saturated heterocycles. The molecule has 1 aromatic rings. The van der Waals surface area contributed by atoms with Gasteiger partial charge in [-0.15, -0.1) is 10.2 Å². The minimum Gasteiger partial charge on any atom is -0.313 e. The maximum atomic E-state index is 12.7. The van der Waals surface area contributed by atoms with Crippen molar-refractivity contribution in [3.63, 3.8) is 0 Å². The fourth-order valence-electron chi connectivity index (χ4n) is 3.62. The van der Waals surface area contributed by atoms with Crippen molar-refractivity contribution >= 4 is 5.78 Å². The standard InChI is InChI=1S/C18H22N4O/c19-11-15(16(23)10-14(12-5-6-12)13-7-8-13)18-21-20-17-4-2-1-3-9-22(17)18/h10,12-13,15H,1-9H2. The van der Waals surface area contributed by atoms with E-state index in [1.165, 1.54) is 37.7 Å². The Morgan fingerprint density at radius 2 is 1.91 bits per heavy atom. The number of nitrogens with zero attached hydrogens (tertiary/aromatic N) is 4. The van der Waals surface area contributed by atoms with E-state index in [9.17, 15) is 10.1 Å². The Bertz CT molecular complexity index is 674. The van der Waals surface area contributed by atoms with Crippen molar-refractivity contribution < 1.29 is 4.79 Å². The van der Waals surface area contributed by atoms with E-state index in [0.29, 0.717) is 17.7 Å². The van der Waals surface area contributed by atoms with E-state index in [0.717, 1.165) is 31.6 Å². The zero-order valence-electron chi connectivity index (χ0n) is 13.4. The van der Waals surface area contributed by atoms with Crippen LogP contribution in [0.1, 0.15) is 62.5 Å². The van der Waals surface area contributed by atoms with E-state index in [1.807, 2.05) is 4.57 Å². The van der Waals surface area contributed by atoms with Gasteiger partial charge in [-0.2, -0.15) is 5.26 Å². The molecule has 2 aliphatic carbocycles. The first-order chi connectivity index (χ1) is 11.3. The lowest BCUT2D eigenvalue weighted by molar-refractivity contribution is -0.115. The molecule has 4 rings (SSSR count). The Morgan fingerprint density at radius 3 is 2.57 bits per heavy atom. The van der Waals surface area contributed by atoms with Crippen LogP contribution in [0.5, 0.6) is 0 Å². The number of aryl methyl sites for hydroxylation is 1. The van der Waals surface area contributed by atoms with E-state index < -0.39 is 5.92 Å². The molecule has 0 aromatic carbocycles. The predicted octanol–water partition coefficient (Wildman–Crippen LogP) is 2.93. The summed E-state index contributed by atoms with van der Waals surface area (Å²) in [5.74, 6) is 1.78. The van der Waals surface area contributed by atoms with Gasteiger partial charge in [-0.25, -0.2) is 0 Å². The normalized spacial score (nSPS) is 21.7. The number of carbonyl (C=O) groups is 1. The summed E-state index contributed by atoms with van der Waals surface area (Å²) in [5.41, 5.74) is 1.30. The van der Waals surface area contributed by atoms with Crippen LogP contribution in [-0.2, 0) is 17.8 Å². The number of hydrogen-bond acceptors (Lipinski definition) is 4. The van der Waals surface area contributed by atoms with Crippen molar-refractivity contribution in [3.8, 4) is 6.07 Å². The van der Waals surface area contributed by atoms with Gasteiger partial charge in [0.25, 0.3) is 0 Å². The van der Waals surface area contributed by atoms with E-state index >= 15 is 0 Å². The third-order valence-corrected chi connectivity index (χ3v) is 5.22. The van der Waals surface area contributed by atoms with Crippen LogP contribution >= 0.6 is 0 Å². The summed E-state index contributed by atoms with van der Waals surface area (Å²) in [5, 5.41) is 18.0. The number of hydrogen-bond donors (Lipinski definition) is 0. The Balaban J connectivity index is 1.61. The van der Waals surface area contributed by atoms with Gasteiger partial charge in [-0.1, -0.05) is 12.0 Å². The second kappa shape index (κ2) is 5.92. The molecular weight excluding hydrogens is 288 g/mol. The molecule has 0 spiro atoms. The zero-order valence-corrected chi connectivity index (χ0v) is 13.4. The lowest BCUT2D eigenvalue weighted by Gasteiger charge is -2.10. The van der Waals surface area contributed by atoms with Crippen molar-refractivity contribution in [3.05, 3.63) is 23.3 Å². The first-order valence-electron chi connectivity index (χ1n) is 8.85. The third kappa shape index (κ3) is 2.95. The molecule has 1 aliphatic heterocycles. The molecule has 1 atom stereocenters. The third-order valence-electron chi connectivity index (χ3n) is 5.22. The topological polar surface area (TPSA) is 71.6 Å². The Morgan fingerprint density at radius 1 is 1.17 bits per heavy atom. The van der Waals surface area contributed by atoms with E-state index in [4.69, 9.17) is 0 Å². The molecule has 2 saturated carbocycles. The van der Waals surface area contributed by atoms with E-state index in [1.54, 1.807) is 6.08 Å². The van der Waals surface area contributed by atoms with Crippen molar-refractivity contribution in [2.45, 2.75) is 63.8 Å². The molecule has 120 valence electrons. The van der Waals surface area contributed by atoms with Crippen LogP contribution in [0.15, 0.2) is 11.6 Å². The number of allylic oxidation sites excluding steroid dienone is 2. The van der Waals surface area contributed by atoms with Crippen molar-refractivity contribution in [2.24, 2.45) is 11.8 Å². The summed E-state index contributed by atoms with van der Waals surface area (Å²) in [6.07, 6.45) is 10.8. The number of aromatic nitrogens is 3. The molecule has 5 nitrogen and oxygen atoms in total. The summed E-state index contributed by atoms with van der Waals surface area (Å²) >= 11 is 0. The molecule has 1 unspecified atom stereocenters. The fraction of sp³-hybridized carbons (Fsp3) is 0.667. The zero-order chi connectivity index (χ0) is 15.8. The van der Waals surface area contributed by atoms with E-state index in [2.05, 4.69) is 16.3 Å². The number of rotatable bonds is 5. The van der Waals surface area contributed by atoms with Gasteiger partial charge in [0, 0.05) is 13.0 Å². The van der Waals surface area contributed by atoms with Gasteiger partial charge in [0.2, 0.25) is 0 Å². The molecule has 0 amide bonds. The lowest BCUT2D eigenvalue weighted by atomic mass is 9.98. The Labute approximate surface area is 136 Å². The van der Waals surface area contributed by atoms with Crippen molar-refractivity contribution in [2.75, 3.05) is 0 Å². The number of fused-ring (bicyclic) bond motifs is 1. The highest BCUT2D eigenvalue weighted by atomic mass is 16.1. The second-order valence-electron chi connectivity index (χ2n) is 7.09. The first kappa shape index (κ1) is 14.6. The number of ketones is 1. The van der Waals surface area contributed by atoms with Crippen LogP contribution in [0, 0.1) is 23.2 Å². The van der Waals surface area contributed by atoms with Crippen LogP contribution in [0.4, 0.5) is 0 Å². The predicted molar refractivity (Wildman–Crippen MR) is 84.5 cm³/mol. The summed E-state index contributed by atoms with van der Waals surface area (Å²) in [6, 6.07) is 2.18. The molecule has 2 fully saturated rings. The highest BCUT2D eigenvalue weighted by Gasteiger charge is 2.37. The molecule has 23 heavy (non-hydrogen) atoms. The van der Waals surface area contributed by atoms with Gasteiger partial charge in [0.15, 0.2) is 17.5 Å². The van der Waals surface area contributed by atoms with Crippen molar-refractivity contribution in [1.82, 2.24) is 14.8 Å². The van der Waals surface area contributed by atoms with Crippen LogP contribution in [0.25, 0.3) is 0 Å². The summed E-state index contributed by atoms with van der Waals surface area (Å²) in [4.78, 5) is 12.7. The minimum absolute atomic E-state index is 0.0965. The molecule has 0 N–H and O–H groups in total. The average molecular weight is 310 g/mol. The molecule has 1 aromatic heterocycles. The van der Waals surface area contributed by atoms with Gasteiger partial charge in [0.1, 0.15) is 5.82 Å². The lowest BCUT2D eigenvalue weighted by Crippen LogP contribution is -2.16. The molecule has 5 heteroatoms. The molecule has 2 heterocycles. The average Bonchev–Trinajstić information content (AvgIpc) is 3.45. The van der Waals surface area contributed by atoms with Gasteiger partial charge >= 0.3 is 0 Å². The molecule has 3 aliphatic rings. The molecule has 0 radical (unpaired) electrons. The summed E-state index contributed by atoms with van der Waals surface area (Å²) < 4.78 is 2.01. The van der Waals surface area contributed by atoms with Gasteiger partial charge in [-0.05, 0) is 56.4 Å². The first-order valence-corrected chi connectivity index (χ1v) is 8.85.